The Kier molecular flexibility index (Phi) is 11.6. The number of carbonyl (C=O) groups is 5. The summed E-state index contributed by atoms with van der Waals surface area (Å²) in [5.74, 6) is 4.36. The zero-order chi connectivity index (χ0) is 47.9. The van der Waals surface area contributed by atoms with Crippen LogP contribution >= 0.6 is 23.2 Å². The van der Waals surface area contributed by atoms with Crippen molar-refractivity contribution >= 4 is 64.1 Å². The molecule has 0 radical (unpaired) electrons. The van der Waals surface area contributed by atoms with E-state index in [4.69, 9.17) is 27.9 Å². The van der Waals surface area contributed by atoms with Crippen molar-refractivity contribution in [2.75, 3.05) is 37.4 Å². The number of fused-ring (bicyclic) bond motifs is 3. The van der Waals surface area contributed by atoms with Gasteiger partial charge in [0.1, 0.15) is 17.6 Å². The van der Waals surface area contributed by atoms with Crippen molar-refractivity contribution in [1.82, 2.24) is 20.4 Å². The maximum Gasteiger partial charge on any atom is 0.255 e. The number of ether oxygens (including phenoxy) is 1. The fourth-order valence-electron chi connectivity index (χ4n) is 11.8. The Bertz CT molecular complexity index is 2870. The molecule has 5 aliphatic heterocycles. The van der Waals surface area contributed by atoms with E-state index in [1.165, 1.54) is 18.1 Å². The molecule has 3 saturated heterocycles. The summed E-state index contributed by atoms with van der Waals surface area (Å²) in [7, 11) is 1.49. The molecule has 0 bridgehead atoms. The van der Waals surface area contributed by atoms with Crippen LogP contribution in [-0.2, 0) is 26.3 Å². The van der Waals surface area contributed by atoms with Crippen LogP contribution in [0.4, 0.5) is 15.8 Å². The van der Waals surface area contributed by atoms with Crippen molar-refractivity contribution in [2.24, 2.45) is 16.7 Å². The minimum atomic E-state index is -0.901. The van der Waals surface area contributed by atoms with Gasteiger partial charge in [0, 0.05) is 88.7 Å². The number of imide groups is 1. The summed E-state index contributed by atoms with van der Waals surface area (Å²) >= 11 is 12.9. The molecular weight excluding hydrogens is 907 g/mol. The largest absolute Gasteiger partial charge is 0.495 e. The number of anilines is 2. The molecule has 0 aromatic heterocycles. The van der Waals surface area contributed by atoms with Crippen molar-refractivity contribution < 1.29 is 33.1 Å². The van der Waals surface area contributed by atoms with Gasteiger partial charge >= 0.3 is 0 Å². The van der Waals surface area contributed by atoms with Crippen molar-refractivity contribution in [1.29, 1.82) is 0 Å². The lowest BCUT2D eigenvalue weighted by atomic mass is 9.63. The fraction of sp³-hybridized carbons (Fsp3) is 0.415. The SMILES string of the molecule is COc1cc(C(=O)N2CCC[C@]3(C[C@H]3C#Cc3cccc4c3CN([C@H]3CCC(=O)NC3=O)C4=O)C2)ccc1NC(=O)[C@@H]1N[C@@H](CC(C)(C)C)[C@@]2(CNc3cc(Cl)ccc32)[C@H]1c1cccc(Cl)c1F. The number of nitrogens with one attached hydrogen (secondary N) is 4. The number of rotatable bonds is 7. The number of nitrogens with zero attached hydrogens (tertiary/aromatic N) is 2. The smallest absolute Gasteiger partial charge is 0.255 e. The molecule has 4 aromatic carbocycles. The van der Waals surface area contributed by atoms with E-state index in [2.05, 4.69) is 53.9 Å². The summed E-state index contributed by atoms with van der Waals surface area (Å²) in [5.41, 5.74) is 3.88. The Morgan fingerprint density at radius 1 is 1.03 bits per heavy atom. The van der Waals surface area contributed by atoms with Crippen LogP contribution in [0.3, 0.4) is 0 Å². The second-order valence-corrected chi connectivity index (χ2v) is 21.4. The highest BCUT2D eigenvalue weighted by Crippen LogP contribution is 2.59. The molecule has 2 spiro atoms. The minimum absolute atomic E-state index is 0.0274. The highest BCUT2D eigenvalue weighted by atomic mass is 35.5. The molecule has 352 valence electrons. The summed E-state index contributed by atoms with van der Waals surface area (Å²) in [6.45, 7) is 8.25. The van der Waals surface area contributed by atoms with Gasteiger partial charge in [-0.3, -0.25) is 29.3 Å². The van der Waals surface area contributed by atoms with Crippen LogP contribution in [0.2, 0.25) is 10.0 Å². The van der Waals surface area contributed by atoms with Gasteiger partial charge in [-0.2, -0.15) is 0 Å². The first-order valence-corrected chi connectivity index (χ1v) is 24.1. The van der Waals surface area contributed by atoms with E-state index in [1.807, 2.05) is 29.2 Å². The summed E-state index contributed by atoms with van der Waals surface area (Å²) in [6, 6.07) is 19.2. The van der Waals surface area contributed by atoms with Gasteiger partial charge in [-0.15, -0.1) is 0 Å². The second kappa shape index (κ2) is 17.2. The highest BCUT2D eigenvalue weighted by Gasteiger charge is 2.62. The van der Waals surface area contributed by atoms with E-state index < -0.39 is 35.1 Å². The number of piperidine rings is 2. The average Bonchev–Trinajstić information content (AvgIpc) is 3.51. The van der Waals surface area contributed by atoms with Crippen LogP contribution in [0.15, 0.2) is 72.8 Å². The van der Waals surface area contributed by atoms with E-state index in [9.17, 15) is 24.0 Å². The van der Waals surface area contributed by atoms with E-state index in [0.29, 0.717) is 59.2 Å². The summed E-state index contributed by atoms with van der Waals surface area (Å²) in [6.07, 6.45) is 3.74. The maximum absolute atomic E-state index is 16.3. The third-order valence-electron chi connectivity index (χ3n) is 15.1. The number of likely N-dealkylation sites (tertiary alicyclic amines) is 1. The first-order chi connectivity index (χ1) is 32.5. The van der Waals surface area contributed by atoms with Crippen LogP contribution in [0, 0.1) is 34.4 Å². The fourth-order valence-corrected chi connectivity index (χ4v) is 12.1. The highest BCUT2D eigenvalue weighted by molar-refractivity contribution is 6.31. The molecule has 68 heavy (non-hydrogen) atoms. The Morgan fingerprint density at radius 3 is 2.62 bits per heavy atom. The minimum Gasteiger partial charge on any atom is -0.495 e. The van der Waals surface area contributed by atoms with E-state index in [1.54, 1.807) is 42.5 Å². The third kappa shape index (κ3) is 7.98. The summed E-state index contributed by atoms with van der Waals surface area (Å²) < 4.78 is 22.2. The second-order valence-electron chi connectivity index (χ2n) is 20.5. The molecule has 4 aromatic rings. The molecule has 7 atom stereocenters. The zero-order valence-corrected chi connectivity index (χ0v) is 39.9. The van der Waals surface area contributed by atoms with Gasteiger partial charge < -0.3 is 30.5 Å². The predicted octanol–water partition coefficient (Wildman–Crippen LogP) is 8.06. The lowest BCUT2D eigenvalue weighted by molar-refractivity contribution is -0.137. The molecule has 4 fully saturated rings. The predicted molar refractivity (Wildman–Crippen MR) is 257 cm³/mol. The molecular formula is C53H53Cl2FN6O6. The van der Waals surface area contributed by atoms with Gasteiger partial charge in [0.15, 0.2) is 0 Å². The Morgan fingerprint density at radius 2 is 1.84 bits per heavy atom. The quantitative estimate of drug-likeness (QED) is 0.108. The number of methoxy groups -OCH3 is 1. The Hall–Kier alpha value is -5.94. The monoisotopic (exact) mass is 958 g/mol. The first-order valence-electron chi connectivity index (χ1n) is 23.3. The maximum atomic E-state index is 16.3. The molecule has 15 heteroatoms. The lowest BCUT2D eigenvalue weighted by Gasteiger charge is -2.39. The molecule has 0 unspecified atom stereocenters. The molecule has 5 amide bonds. The first kappa shape index (κ1) is 45.8. The molecule has 6 aliphatic rings. The van der Waals surface area contributed by atoms with Gasteiger partial charge in [-0.1, -0.05) is 80.1 Å². The van der Waals surface area contributed by atoms with Crippen molar-refractivity contribution in [2.45, 2.75) is 95.3 Å². The number of halogens is 3. The van der Waals surface area contributed by atoms with Crippen LogP contribution in [0.25, 0.3) is 0 Å². The normalized spacial score (nSPS) is 27.0. The van der Waals surface area contributed by atoms with Gasteiger partial charge in [-0.05, 0) is 103 Å². The van der Waals surface area contributed by atoms with E-state index in [-0.39, 0.29) is 70.8 Å². The standard InChI is InChI=1S/C53H53Cl2FN6O6/c1-51(2,3)25-42-53(27-57-39-23-32(54)15-16-36(39)53)44(34-10-6-11-37(55)45(34)56)46(59-42)48(65)58-38-17-13-30(22-41(38)68-4)49(66)61-21-7-20-52(28-61)24-31(52)14-12-29-8-5-9-33-35(29)26-62(50(33)67)40-18-19-43(63)60-47(40)64/h5-6,8-11,13,15-17,22-23,31,40,42,44,46,57,59H,7,18-21,24-28H2,1-4H3,(H,58,65)(H,60,63,64)/t31-,40+,42+,44+,46-,52+,53+/m1/s1. The molecule has 5 heterocycles. The van der Waals surface area contributed by atoms with Gasteiger partial charge in [0.05, 0.1) is 23.9 Å². The number of benzene rings is 4. The summed E-state index contributed by atoms with van der Waals surface area (Å²) in [4.78, 5) is 70.2. The van der Waals surface area contributed by atoms with Crippen molar-refractivity contribution in [3.8, 4) is 17.6 Å². The van der Waals surface area contributed by atoms with E-state index >= 15 is 4.39 Å². The van der Waals surface area contributed by atoms with Crippen LogP contribution in [-0.4, -0.2) is 84.2 Å². The van der Waals surface area contributed by atoms with E-state index in [0.717, 1.165) is 41.6 Å². The zero-order valence-electron chi connectivity index (χ0n) is 38.4. The molecule has 12 nitrogen and oxygen atoms in total. The summed E-state index contributed by atoms with van der Waals surface area (Å²) in [5, 5.41) is 13.2. The third-order valence-corrected chi connectivity index (χ3v) is 15.6. The Balaban J connectivity index is 0.864. The topological polar surface area (TPSA) is 149 Å². The van der Waals surface area contributed by atoms with Crippen LogP contribution in [0.5, 0.6) is 5.75 Å². The van der Waals surface area contributed by atoms with Crippen molar-refractivity contribution in [3.63, 3.8) is 0 Å². The molecule has 10 rings (SSSR count). The molecule has 4 N–H and O–H groups in total. The lowest BCUT2D eigenvalue weighted by Crippen LogP contribution is -2.52. The van der Waals surface area contributed by atoms with Gasteiger partial charge in [0.2, 0.25) is 17.7 Å². The number of hydrogen-bond donors (Lipinski definition) is 4. The van der Waals surface area contributed by atoms with Gasteiger partial charge in [-0.25, -0.2) is 4.39 Å². The number of amides is 5. The number of hydrogen-bond acceptors (Lipinski definition) is 8. The Labute approximate surface area is 405 Å². The van der Waals surface area contributed by atoms with Crippen LogP contribution in [0.1, 0.15) is 108 Å². The van der Waals surface area contributed by atoms with Crippen LogP contribution < -0.4 is 26.0 Å². The van der Waals surface area contributed by atoms with Crippen molar-refractivity contribution in [3.05, 3.63) is 122 Å². The molecule has 1 saturated carbocycles. The number of carbonyl (C=O) groups excluding carboxylic acids is 5. The molecule has 1 aliphatic carbocycles. The average molecular weight is 960 g/mol. The van der Waals surface area contributed by atoms with Gasteiger partial charge in [0.25, 0.3) is 11.8 Å².